The van der Waals surface area contributed by atoms with Gasteiger partial charge in [-0.15, -0.1) is 5.10 Å². The Hall–Kier alpha value is -3.85. The lowest BCUT2D eigenvalue weighted by Crippen LogP contribution is -2.02. The van der Waals surface area contributed by atoms with Gasteiger partial charge in [0.25, 0.3) is 0 Å². The molecule has 2 heterocycles. The molecule has 0 saturated carbocycles. The standard InChI is InChI=1S/C21H22N6O3/c1-4-5-6-15(13-30-3)9-10-27-19-18(25-26-27)12-22-21(24-19)23-16-7-8-17(20(28)29)14(2)11-16/h4-12H,13H2,1-3H3,(H,28,29)(H,22,23,24)/b5-4-,10-9+,15-6+. The van der Waals surface area contributed by atoms with Gasteiger partial charge in [0.05, 0.1) is 18.4 Å². The van der Waals surface area contributed by atoms with Crippen molar-refractivity contribution in [2.45, 2.75) is 13.8 Å². The minimum absolute atomic E-state index is 0.252. The fourth-order valence-corrected chi connectivity index (χ4v) is 2.72. The maximum absolute atomic E-state index is 11.2. The number of carbonyl (C=O) groups is 1. The molecule has 0 saturated heterocycles. The monoisotopic (exact) mass is 406 g/mol. The van der Waals surface area contributed by atoms with Gasteiger partial charge in [0, 0.05) is 19.0 Å². The van der Waals surface area contributed by atoms with Gasteiger partial charge in [-0.1, -0.05) is 23.4 Å². The van der Waals surface area contributed by atoms with E-state index in [4.69, 9.17) is 9.84 Å². The summed E-state index contributed by atoms with van der Waals surface area (Å²) in [5, 5.41) is 20.4. The van der Waals surface area contributed by atoms with Gasteiger partial charge in [-0.3, -0.25) is 0 Å². The molecule has 0 aliphatic rings. The Morgan fingerprint density at radius 3 is 2.90 bits per heavy atom. The first-order chi connectivity index (χ1) is 14.5. The van der Waals surface area contributed by atoms with E-state index in [1.165, 1.54) is 0 Å². The van der Waals surface area contributed by atoms with Crippen LogP contribution in [0.2, 0.25) is 0 Å². The van der Waals surface area contributed by atoms with Crippen molar-refractivity contribution in [3.63, 3.8) is 0 Å². The summed E-state index contributed by atoms with van der Waals surface area (Å²) in [5.74, 6) is -0.613. The van der Waals surface area contributed by atoms with Crippen LogP contribution >= 0.6 is 0 Å². The number of nitrogens with zero attached hydrogens (tertiary/aromatic N) is 5. The molecular weight excluding hydrogens is 384 g/mol. The first-order valence-electron chi connectivity index (χ1n) is 9.19. The lowest BCUT2D eigenvalue weighted by molar-refractivity contribution is 0.0696. The van der Waals surface area contributed by atoms with Gasteiger partial charge in [0.15, 0.2) is 11.2 Å². The minimum Gasteiger partial charge on any atom is -0.478 e. The summed E-state index contributed by atoms with van der Waals surface area (Å²) in [4.78, 5) is 19.9. The van der Waals surface area contributed by atoms with Crippen LogP contribution in [0.3, 0.4) is 0 Å². The smallest absolute Gasteiger partial charge is 0.335 e. The predicted molar refractivity (Wildman–Crippen MR) is 115 cm³/mol. The highest BCUT2D eigenvalue weighted by Crippen LogP contribution is 2.19. The van der Waals surface area contributed by atoms with Crippen LogP contribution in [0, 0.1) is 6.92 Å². The number of anilines is 2. The summed E-state index contributed by atoms with van der Waals surface area (Å²) in [5.41, 5.74) is 3.62. The quantitative estimate of drug-likeness (QED) is 0.545. The zero-order valence-corrected chi connectivity index (χ0v) is 16.9. The molecule has 0 fully saturated rings. The van der Waals surface area contributed by atoms with Gasteiger partial charge in [-0.05, 0) is 49.3 Å². The van der Waals surface area contributed by atoms with E-state index in [0.29, 0.717) is 35.0 Å². The molecule has 0 aliphatic carbocycles. The van der Waals surface area contributed by atoms with E-state index >= 15 is 0 Å². The summed E-state index contributed by atoms with van der Waals surface area (Å²) in [6, 6.07) is 4.94. The molecule has 2 N–H and O–H groups in total. The number of nitrogens with one attached hydrogen (secondary N) is 1. The third-order valence-electron chi connectivity index (χ3n) is 4.17. The second kappa shape index (κ2) is 9.57. The number of carboxylic acid groups (broad SMARTS) is 1. The SMILES string of the molecule is C\C=C/C=C(\C=C\n1nnc2cnc(Nc3ccc(C(=O)O)c(C)c3)nc21)COC. The average Bonchev–Trinajstić information content (AvgIpc) is 3.12. The molecule has 3 aromatic rings. The van der Waals surface area contributed by atoms with Crippen LogP contribution < -0.4 is 5.32 Å². The number of methoxy groups -OCH3 is 1. The number of ether oxygens (including phenoxy) is 1. The van der Waals surface area contributed by atoms with E-state index in [1.807, 2.05) is 31.2 Å². The van der Waals surface area contributed by atoms with Gasteiger partial charge < -0.3 is 15.2 Å². The summed E-state index contributed by atoms with van der Waals surface area (Å²) in [6.45, 7) is 4.14. The summed E-state index contributed by atoms with van der Waals surface area (Å²) < 4.78 is 6.76. The molecule has 0 atom stereocenters. The number of carboxylic acids is 1. The number of benzene rings is 1. The van der Waals surface area contributed by atoms with E-state index in [9.17, 15) is 4.79 Å². The van der Waals surface area contributed by atoms with Gasteiger partial charge in [0.1, 0.15) is 0 Å². The van der Waals surface area contributed by atoms with Crippen LogP contribution in [0.5, 0.6) is 0 Å². The average molecular weight is 406 g/mol. The lowest BCUT2D eigenvalue weighted by atomic mass is 10.1. The second-order valence-corrected chi connectivity index (χ2v) is 6.41. The number of aromatic nitrogens is 5. The van der Waals surface area contributed by atoms with Crippen molar-refractivity contribution in [1.29, 1.82) is 0 Å². The summed E-state index contributed by atoms with van der Waals surface area (Å²) >= 11 is 0. The maximum Gasteiger partial charge on any atom is 0.335 e. The minimum atomic E-state index is -0.963. The van der Waals surface area contributed by atoms with Crippen molar-refractivity contribution in [2.24, 2.45) is 0 Å². The maximum atomic E-state index is 11.2. The van der Waals surface area contributed by atoms with Gasteiger partial charge in [0.2, 0.25) is 5.95 Å². The van der Waals surface area contributed by atoms with Crippen molar-refractivity contribution in [3.8, 4) is 0 Å². The Bertz CT molecular complexity index is 1150. The summed E-state index contributed by atoms with van der Waals surface area (Å²) in [6.07, 6.45) is 11.0. The molecule has 0 spiro atoms. The molecular formula is C21H22N6O3. The Labute approximate surface area is 173 Å². The van der Waals surface area contributed by atoms with Crippen molar-refractivity contribution in [2.75, 3.05) is 19.0 Å². The first-order valence-corrected chi connectivity index (χ1v) is 9.19. The highest BCUT2D eigenvalue weighted by Gasteiger charge is 2.10. The van der Waals surface area contributed by atoms with Crippen molar-refractivity contribution in [1.82, 2.24) is 25.0 Å². The van der Waals surface area contributed by atoms with Gasteiger partial charge in [-0.25, -0.2) is 14.5 Å². The van der Waals surface area contributed by atoms with Crippen LogP contribution in [-0.4, -0.2) is 49.8 Å². The van der Waals surface area contributed by atoms with E-state index in [0.717, 1.165) is 5.57 Å². The van der Waals surface area contributed by atoms with Crippen molar-refractivity contribution in [3.05, 3.63) is 65.4 Å². The highest BCUT2D eigenvalue weighted by molar-refractivity contribution is 5.90. The molecule has 154 valence electrons. The zero-order chi connectivity index (χ0) is 21.5. The lowest BCUT2D eigenvalue weighted by Gasteiger charge is -2.07. The third-order valence-corrected chi connectivity index (χ3v) is 4.17. The Balaban J connectivity index is 1.87. The number of hydrogen-bond donors (Lipinski definition) is 2. The number of rotatable bonds is 8. The van der Waals surface area contributed by atoms with Crippen LogP contribution in [0.4, 0.5) is 11.6 Å². The number of hydrogen-bond acceptors (Lipinski definition) is 7. The second-order valence-electron chi connectivity index (χ2n) is 6.41. The number of aryl methyl sites for hydroxylation is 1. The van der Waals surface area contributed by atoms with E-state index < -0.39 is 5.97 Å². The van der Waals surface area contributed by atoms with Crippen molar-refractivity contribution < 1.29 is 14.6 Å². The van der Waals surface area contributed by atoms with Crippen LogP contribution in [-0.2, 0) is 4.74 Å². The van der Waals surface area contributed by atoms with E-state index in [1.54, 1.807) is 49.3 Å². The third kappa shape index (κ3) is 4.95. The number of fused-ring (bicyclic) bond motifs is 1. The van der Waals surface area contributed by atoms with Crippen LogP contribution in [0.1, 0.15) is 22.8 Å². The fourth-order valence-electron chi connectivity index (χ4n) is 2.72. The summed E-state index contributed by atoms with van der Waals surface area (Å²) in [7, 11) is 1.64. The molecule has 0 unspecified atom stereocenters. The first kappa shape index (κ1) is 20.9. The Morgan fingerprint density at radius 1 is 1.37 bits per heavy atom. The number of allylic oxidation sites excluding steroid dienone is 3. The van der Waals surface area contributed by atoms with Crippen molar-refractivity contribution >= 4 is 35.0 Å². The van der Waals surface area contributed by atoms with Crippen LogP contribution in [0.25, 0.3) is 17.4 Å². The van der Waals surface area contributed by atoms with Gasteiger partial charge in [-0.2, -0.15) is 4.98 Å². The molecule has 3 rings (SSSR count). The van der Waals surface area contributed by atoms with E-state index in [2.05, 4.69) is 25.6 Å². The van der Waals surface area contributed by atoms with Gasteiger partial charge >= 0.3 is 5.97 Å². The van der Waals surface area contributed by atoms with E-state index in [-0.39, 0.29) is 5.56 Å². The molecule has 9 nitrogen and oxygen atoms in total. The zero-order valence-electron chi connectivity index (χ0n) is 16.9. The molecule has 9 heteroatoms. The molecule has 1 aromatic carbocycles. The molecule has 0 radical (unpaired) electrons. The molecule has 0 aliphatic heterocycles. The molecule has 30 heavy (non-hydrogen) atoms. The Morgan fingerprint density at radius 2 is 2.20 bits per heavy atom. The number of aromatic carboxylic acids is 1. The molecule has 2 aromatic heterocycles. The Kier molecular flexibility index (Phi) is 6.66. The largest absolute Gasteiger partial charge is 0.478 e. The van der Waals surface area contributed by atoms with Crippen LogP contribution in [0.15, 0.2) is 54.3 Å². The fraction of sp³-hybridized carbons (Fsp3) is 0.190. The highest BCUT2D eigenvalue weighted by atomic mass is 16.5. The molecule has 0 bridgehead atoms. The normalized spacial score (nSPS) is 12.3. The predicted octanol–water partition coefficient (Wildman–Crippen LogP) is 3.59. The topological polar surface area (TPSA) is 115 Å². The molecule has 0 amide bonds.